The second-order valence-corrected chi connectivity index (χ2v) is 5.78. The molecule has 0 aliphatic rings. The van der Waals surface area contributed by atoms with Crippen molar-refractivity contribution in [3.05, 3.63) is 68.8 Å². The average molecular weight is 354 g/mol. The molecule has 0 unspecified atom stereocenters. The minimum absolute atomic E-state index is 0.135. The molecule has 0 aliphatic carbocycles. The molecular weight excluding hydrogens is 336 g/mol. The van der Waals surface area contributed by atoms with Crippen LogP contribution in [0.2, 0.25) is 0 Å². The summed E-state index contributed by atoms with van der Waals surface area (Å²) in [5.41, 5.74) is 1.25. The number of anilines is 1. The Kier molecular flexibility index (Phi) is 4.83. The fourth-order valence-corrected chi connectivity index (χ4v) is 2.76. The lowest BCUT2D eigenvalue weighted by Crippen LogP contribution is -2.18. The van der Waals surface area contributed by atoms with Gasteiger partial charge in [-0.2, -0.15) is 0 Å². The van der Waals surface area contributed by atoms with Crippen molar-refractivity contribution in [3.8, 4) is 5.75 Å². The Labute approximate surface area is 149 Å². The molecular formula is C18H18N4O4. The lowest BCUT2D eigenvalue weighted by Gasteiger charge is -2.20. The minimum atomic E-state index is -0.490. The van der Waals surface area contributed by atoms with Gasteiger partial charge in [0.05, 0.1) is 28.8 Å². The van der Waals surface area contributed by atoms with Crippen LogP contribution < -0.4 is 15.2 Å². The average Bonchev–Trinajstić information content (AvgIpc) is 2.63. The molecule has 8 nitrogen and oxygen atoms in total. The van der Waals surface area contributed by atoms with Crippen molar-refractivity contribution in [2.24, 2.45) is 0 Å². The molecule has 26 heavy (non-hydrogen) atoms. The summed E-state index contributed by atoms with van der Waals surface area (Å²) in [6.45, 7) is 2.97. The van der Waals surface area contributed by atoms with Gasteiger partial charge in [0, 0.05) is 19.7 Å². The third-order valence-electron chi connectivity index (χ3n) is 4.00. The van der Waals surface area contributed by atoms with Crippen molar-refractivity contribution in [2.75, 3.05) is 18.6 Å². The van der Waals surface area contributed by atoms with Crippen LogP contribution in [-0.2, 0) is 6.54 Å². The van der Waals surface area contributed by atoms with Gasteiger partial charge >= 0.3 is 0 Å². The second-order valence-electron chi connectivity index (χ2n) is 5.78. The van der Waals surface area contributed by atoms with Crippen LogP contribution in [0.1, 0.15) is 12.5 Å². The Balaban J connectivity index is 1.96. The van der Waals surface area contributed by atoms with Gasteiger partial charge < -0.3 is 14.6 Å². The van der Waals surface area contributed by atoms with E-state index in [4.69, 9.17) is 4.74 Å². The maximum atomic E-state index is 11.9. The number of H-pyrrole nitrogens is 1. The van der Waals surface area contributed by atoms with Crippen LogP contribution in [0.3, 0.4) is 0 Å². The van der Waals surface area contributed by atoms with Crippen molar-refractivity contribution < 1.29 is 9.66 Å². The number of nitro benzene ring substituents is 1. The van der Waals surface area contributed by atoms with E-state index < -0.39 is 10.5 Å². The van der Waals surface area contributed by atoms with E-state index in [1.807, 2.05) is 31.2 Å². The van der Waals surface area contributed by atoms with Crippen LogP contribution in [0.5, 0.6) is 5.75 Å². The standard InChI is InChI=1S/C18H18N4O4/c1-3-26-13-6-4-12(5-7-13)10-21(2)16-9-15-14(8-17(16)22(24)25)18(23)20-11-19-15/h4-9,11H,3,10H2,1-2H3,(H,19,20,23). The Morgan fingerprint density at radius 1 is 1.27 bits per heavy atom. The van der Waals surface area contributed by atoms with Gasteiger partial charge in [0.15, 0.2) is 0 Å². The number of nitrogens with one attached hydrogen (secondary N) is 1. The highest BCUT2D eigenvalue weighted by Crippen LogP contribution is 2.31. The van der Waals surface area contributed by atoms with Gasteiger partial charge in [0.1, 0.15) is 11.4 Å². The molecule has 0 bridgehead atoms. The molecule has 1 N–H and O–H groups in total. The number of hydrogen-bond donors (Lipinski definition) is 1. The number of fused-ring (bicyclic) bond motifs is 1. The lowest BCUT2D eigenvalue weighted by molar-refractivity contribution is -0.384. The summed E-state index contributed by atoms with van der Waals surface area (Å²) < 4.78 is 5.42. The van der Waals surface area contributed by atoms with Crippen molar-refractivity contribution in [3.63, 3.8) is 0 Å². The smallest absolute Gasteiger partial charge is 0.293 e. The molecule has 8 heteroatoms. The van der Waals surface area contributed by atoms with Crippen molar-refractivity contribution in [2.45, 2.75) is 13.5 Å². The molecule has 1 heterocycles. The number of benzene rings is 2. The summed E-state index contributed by atoms with van der Waals surface area (Å²) in [4.78, 5) is 31.2. The van der Waals surface area contributed by atoms with Crippen LogP contribution in [0, 0.1) is 10.1 Å². The van der Waals surface area contributed by atoms with Gasteiger partial charge in [-0.25, -0.2) is 4.98 Å². The summed E-state index contributed by atoms with van der Waals surface area (Å²) in [6.07, 6.45) is 1.28. The first-order valence-electron chi connectivity index (χ1n) is 8.08. The highest BCUT2D eigenvalue weighted by atomic mass is 16.6. The molecule has 2 aromatic carbocycles. The monoisotopic (exact) mass is 354 g/mol. The summed E-state index contributed by atoms with van der Waals surface area (Å²) in [5, 5.41) is 11.7. The predicted molar refractivity (Wildman–Crippen MR) is 98.7 cm³/mol. The molecule has 0 saturated carbocycles. The Bertz CT molecular complexity index is 998. The maximum absolute atomic E-state index is 11.9. The molecule has 0 spiro atoms. The van der Waals surface area contributed by atoms with Gasteiger partial charge in [-0.15, -0.1) is 0 Å². The molecule has 134 valence electrons. The SMILES string of the molecule is CCOc1ccc(CN(C)c2cc3nc[nH]c(=O)c3cc2[N+](=O)[O-])cc1. The second kappa shape index (κ2) is 7.22. The van der Waals surface area contributed by atoms with Crippen molar-refractivity contribution in [1.29, 1.82) is 0 Å². The number of ether oxygens (including phenoxy) is 1. The number of aromatic amines is 1. The third-order valence-corrected chi connectivity index (χ3v) is 4.00. The fraction of sp³-hybridized carbons (Fsp3) is 0.222. The Hall–Kier alpha value is -3.42. The fourth-order valence-electron chi connectivity index (χ4n) is 2.76. The summed E-state index contributed by atoms with van der Waals surface area (Å²) in [5.74, 6) is 0.777. The summed E-state index contributed by atoms with van der Waals surface area (Å²) >= 11 is 0. The van der Waals surface area contributed by atoms with Crippen LogP contribution in [-0.4, -0.2) is 28.5 Å². The molecule has 0 fully saturated rings. The highest BCUT2D eigenvalue weighted by molar-refractivity contribution is 5.86. The molecule has 0 aliphatic heterocycles. The van der Waals surface area contributed by atoms with E-state index >= 15 is 0 Å². The normalized spacial score (nSPS) is 10.7. The first kappa shape index (κ1) is 17.4. The van der Waals surface area contributed by atoms with Crippen molar-refractivity contribution >= 4 is 22.3 Å². The van der Waals surface area contributed by atoms with E-state index in [1.54, 1.807) is 18.0 Å². The number of nitrogens with zero attached hydrogens (tertiary/aromatic N) is 3. The van der Waals surface area contributed by atoms with Crippen LogP contribution >= 0.6 is 0 Å². The molecule has 1 aromatic heterocycles. The van der Waals surface area contributed by atoms with E-state index in [1.165, 1.54) is 12.4 Å². The highest BCUT2D eigenvalue weighted by Gasteiger charge is 2.20. The first-order chi connectivity index (χ1) is 12.5. The van der Waals surface area contributed by atoms with Gasteiger partial charge in [0.2, 0.25) is 0 Å². The zero-order valence-electron chi connectivity index (χ0n) is 14.4. The zero-order valence-corrected chi connectivity index (χ0v) is 14.4. The number of nitro groups is 1. The Morgan fingerprint density at radius 3 is 2.65 bits per heavy atom. The molecule has 3 aromatic rings. The number of hydrogen-bond acceptors (Lipinski definition) is 6. The van der Waals surface area contributed by atoms with E-state index in [9.17, 15) is 14.9 Å². The molecule has 3 rings (SSSR count). The molecule has 0 saturated heterocycles. The molecule has 0 atom stereocenters. The van der Waals surface area contributed by atoms with Crippen LogP contribution in [0.25, 0.3) is 10.9 Å². The molecule has 0 amide bonds. The number of aromatic nitrogens is 2. The van der Waals surface area contributed by atoms with E-state index in [0.29, 0.717) is 24.4 Å². The minimum Gasteiger partial charge on any atom is -0.494 e. The van der Waals surface area contributed by atoms with Crippen molar-refractivity contribution in [1.82, 2.24) is 9.97 Å². The zero-order chi connectivity index (χ0) is 18.7. The summed E-state index contributed by atoms with van der Waals surface area (Å²) in [7, 11) is 1.76. The van der Waals surface area contributed by atoms with Crippen LogP contribution in [0.4, 0.5) is 11.4 Å². The molecule has 0 radical (unpaired) electrons. The van der Waals surface area contributed by atoms with E-state index in [-0.39, 0.29) is 11.1 Å². The van der Waals surface area contributed by atoms with Gasteiger partial charge in [-0.3, -0.25) is 14.9 Å². The van der Waals surface area contributed by atoms with Gasteiger partial charge in [-0.1, -0.05) is 12.1 Å². The van der Waals surface area contributed by atoms with Crippen LogP contribution in [0.15, 0.2) is 47.5 Å². The quantitative estimate of drug-likeness (QED) is 0.539. The van der Waals surface area contributed by atoms with E-state index in [2.05, 4.69) is 9.97 Å². The van der Waals surface area contributed by atoms with Gasteiger partial charge in [0.25, 0.3) is 11.2 Å². The topological polar surface area (TPSA) is 101 Å². The van der Waals surface area contributed by atoms with E-state index in [0.717, 1.165) is 11.3 Å². The predicted octanol–water partition coefficient (Wildman–Crippen LogP) is 2.87. The summed E-state index contributed by atoms with van der Waals surface area (Å²) in [6, 6.07) is 10.4. The maximum Gasteiger partial charge on any atom is 0.293 e. The largest absolute Gasteiger partial charge is 0.494 e. The first-order valence-corrected chi connectivity index (χ1v) is 8.08. The Morgan fingerprint density at radius 2 is 2.00 bits per heavy atom. The number of rotatable bonds is 6. The third kappa shape index (κ3) is 3.49. The van der Waals surface area contributed by atoms with Gasteiger partial charge in [-0.05, 0) is 30.7 Å². The lowest BCUT2D eigenvalue weighted by atomic mass is 10.1.